The largest absolute Gasteiger partial charge is 0.416 e. The molecule has 0 amide bonds. The van der Waals surface area contributed by atoms with Crippen LogP contribution >= 0.6 is 0 Å². The Kier molecular flexibility index (Phi) is 5.66. The lowest BCUT2D eigenvalue weighted by molar-refractivity contribution is -0.137. The topological polar surface area (TPSA) is 88.9 Å². The van der Waals surface area contributed by atoms with E-state index < -0.39 is 21.8 Å². The SMILES string of the molecule is O=S(=O)(NCCNc1ccc(-n2cccc2)nn1)c1ccc(C(F)(F)F)cc1. The van der Waals surface area contributed by atoms with E-state index in [9.17, 15) is 21.6 Å². The standard InChI is InChI=1S/C17H16F3N5O2S/c18-17(19,20)13-3-5-14(6-4-13)28(26,27)22-10-9-21-15-7-8-16(24-23-15)25-11-1-2-12-25/h1-8,11-12,22H,9-10H2,(H,21,23). The van der Waals surface area contributed by atoms with E-state index in [1.54, 1.807) is 16.7 Å². The summed E-state index contributed by atoms with van der Waals surface area (Å²) in [6.45, 7) is 0.238. The molecule has 28 heavy (non-hydrogen) atoms. The van der Waals surface area contributed by atoms with Crippen molar-refractivity contribution in [1.29, 1.82) is 0 Å². The number of benzene rings is 1. The second kappa shape index (κ2) is 7.98. The van der Waals surface area contributed by atoms with Crippen molar-refractivity contribution in [3.05, 3.63) is 66.5 Å². The third kappa shape index (κ3) is 4.87. The Labute approximate surface area is 159 Å². The van der Waals surface area contributed by atoms with Gasteiger partial charge < -0.3 is 9.88 Å². The maximum atomic E-state index is 12.5. The first kappa shape index (κ1) is 19.8. The molecule has 0 bridgehead atoms. The van der Waals surface area contributed by atoms with Crippen LogP contribution in [0.2, 0.25) is 0 Å². The molecule has 0 unspecified atom stereocenters. The second-order valence-corrected chi connectivity index (χ2v) is 7.48. The van der Waals surface area contributed by atoms with E-state index in [4.69, 9.17) is 0 Å². The van der Waals surface area contributed by atoms with Crippen LogP contribution in [0.3, 0.4) is 0 Å². The molecule has 0 aliphatic carbocycles. The lowest BCUT2D eigenvalue weighted by Crippen LogP contribution is -2.29. The number of halogens is 3. The van der Waals surface area contributed by atoms with Crippen molar-refractivity contribution in [2.24, 2.45) is 0 Å². The third-order valence-corrected chi connectivity index (χ3v) is 5.21. The van der Waals surface area contributed by atoms with E-state index in [0.29, 0.717) is 11.6 Å². The van der Waals surface area contributed by atoms with Gasteiger partial charge in [-0.1, -0.05) is 0 Å². The molecule has 3 aromatic rings. The summed E-state index contributed by atoms with van der Waals surface area (Å²) < 4.78 is 66.0. The van der Waals surface area contributed by atoms with Crippen molar-refractivity contribution in [2.75, 3.05) is 18.4 Å². The zero-order valence-corrected chi connectivity index (χ0v) is 15.2. The Balaban J connectivity index is 1.51. The van der Waals surface area contributed by atoms with Crippen LogP contribution in [0.4, 0.5) is 19.0 Å². The molecule has 0 radical (unpaired) electrons. The molecular weight excluding hydrogens is 395 g/mol. The Bertz CT molecular complexity index is 1000. The Hall–Kier alpha value is -2.92. The molecule has 0 saturated heterocycles. The zero-order valence-electron chi connectivity index (χ0n) is 14.4. The summed E-state index contributed by atoms with van der Waals surface area (Å²) in [7, 11) is -3.91. The van der Waals surface area contributed by atoms with Crippen LogP contribution in [-0.2, 0) is 16.2 Å². The molecule has 7 nitrogen and oxygen atoms in total. The minimum Gasteiger partial charge on any atom is -0.367 e. The van der Waals surface area contributed by atoms with Crippen LogP contribution in [0.1, 0.15) is 5.56 Å². The van der Waals surface area contributed by atoms with Gasteiger partial charge in [0.05, 0.1) is 10.5 Å². The normalized spacial score (nSPS) is 12.1. The molecule has 148 valence electrons. The van der Waals surface area contributed by atoms with Gasteiger partial charge in [-0.25, -0.2) is 13.1 Å². The van der Waals surface area contributed by atoms with Crippen LogP contribution in [0.25, 0.3) is 5.82 Å². The average Bonchev–Trinajstić information content (AvgIpc) is 3.20. The van der Waals surface area contributed by atoms with Gasteiger partial charge in [-0.3, -0.25) is 0 Å². The highest BCUT2D eigenvalue weighted by atomic mass is 32.2. The van der Waals surface area contributed by atoms with Crippen molar-refractivity contribution in [2.45, 2.75) is 11.1 Å². The quantitative estimate of drug-likeness (QED) is 0.584. The highest BCUT2D eigenvalue weighted by molar-refractivity contribution is 7.89. The number of hydrogen-bond acceptors (Lipinski definition) is 5. The van der Waals surface area contributed by atoms with Crippen molar-refractivity contribution < 1.29 is 21.6 Å². The molecule has 0 fully saturated rings. The smallest absolute Gasteiger partial charge is 0.367 e. The van der Waals surface area contributed by atoms with Gasteiger partial charge in [0, 0.05) is 25.5 Å². The summed E-state index contributed by atoms with van der Waals surface area (Å²) in [4.78, 5) is -0.239. The second-order valence-electron chi connectivity index (χ2n) is 5.71. The van der Waals surface area contributed by atoms with Gasteiger partial charge >= 0.3 is 6.18 Å². The van der Waals surface area contributed by atoms with Crippen LogP contribution < -0.4 is 10.0 Å². The third-order valence-electron chi connectivity index (χ3n) is 3.73. The Morgan fingerprint density at radius 3 is 2.18 bits per heavy atom. The molecule has 2 aromatic heterocycles. The van der Waals surface area contributed by atoms with Crippen LogP contribution in [0.15, 0.2) is 65.8 Å². The summed E-state index contributed by atoms with van der Waals surface area (Å²) in [5.74, 6) is 1.10. The van der Waals surface area contributed by atoms with E-state index in [1.165, 1.54) is 0 Å². The molecule has 2 N–H and O–H groups in total. The van der Waals surface area contributed by atoms with E-state index in [0.717, 1.165) is 24.3 Å². The zero-order chi connectivity index (χ0) is 20.2. The average molecular weight is 411 g/mol. The van der Waals surface area contributed by atoms with Gasteiger partial charge in [-0.2, -0.15) is 13.2 Å². The molecule has 2 heterocycles. The first-order valence-corrected chi connectivity index (χ1v) is 9.62. The first-order chi connectivity index (χ1) is 13.3. The van der Waals surface area contributed by atoms with Crippen molar-refractivity contribution in [3.63, 3.8) is 0 Å². The minimum absolute atomic E-state index is 0.0182. The van der Waals surface area contributed by atoms with Gasteiger partial charge in [-0.05, 0) is 48.5 Å². The molecule has 1 aromatic carbocycles. The fourth-order valence-electron chi connectivity index (χ4n) is 2.33. The fourth-order valence-corrected chi connectivity index (χ4v) is 3.36. The van der Waals surface area contributed by atoms with Gasteiger partial charge in [0.2, 0.25) is 10.0 Å². The molecule has 0 aliphatic heterocycles. The molecule has 3 rings (SSSR count). The van der Waals surface area contributed by atoms with Gasteiger partial charge in [-0.15, -0.1) is 10.2 Å². The van der Waals surface area contributed by atoms with E-state index in [1.807, 2.05) is 24.5 Å². The van der Waals surface area contributed by atoms with Crippen LogP contribution in [0.5, 0.6) is 0 Å². The van der Waals surface area contributed by atoms with Gasteiger partial charge in [0.25, 0.3) is 0 Å². The number of aromatic nitrogens is 3. The summed E-state index contributed by atoms with van der Waals surface area (Å²) >= 11 is 0. The summed E-state index contributed by atoms with van der Waals surface area (Å²) in [5, 5.41) is 10.9. The number of hydrogen-bond donors (Lipinski definition) is 2. The number of nitrogens with one attached hydrogen (secondary N) is 2. The lowest BCUT2D eigenvalue weighted by atomic mass is 10.2. The predicted octanol–water partition coefficient (Wildman–Crippen LogP) is 2.68. The number of anilines is 1. The maximum Gasteiger partial charge on any atom is 0.416 e. The summed E-state index contributed by atoms with van der Waals surface area (Å²) in [6, 6.07) is 10.5. The van der Waals surface area contributed by atoms with Crippen molar-refractivity contribution in [1.82, 2.24) is 19.5 Å². The number of rotatable bonds is 7. The van der Waals surface area contributed by atoms with Crippen molar-refractivity contribution >= 4 is 15.8 Å². The monoisotopic (exact) mass is 411 g/mol. The number of alkyl halides is 3. The fraction of sp³-hybridized carbons (Fsp3) is 0.176. The number of nitrogens with zero attached hydrogens (tertiary/aromatic N) is 3. The Morgan fingerprint density at radius 1 is 0.929 bits per heavy atom. The van der Waals surface area contributed by atoms with Gasteiger partial charge in [0.1, 0.15) is 5.82 Å². The molecule has 0 aliphatic rings. The van der Waals surface area contributed by atoms with Crippen molar-refractivity contribution in [3.8, 4) is 5.82 Å². The van der Waals surface area contributed by atoms with E-state index in [-0.39, 0.29) is 18.0 Å². The van der Waals surface area contributed by atoms with Gasteiger partial charge in [0.15, 0.2) is 5.82 Å². The summed E-state index contributed by atoms with van der Waals surface area (Å²) in [6.07, 6.45) is -0.863. The highest BCUT2D eigenvalue weighted by Gasteiger charge is 2.30. The lowest BCUT2D eigenvalue weighted by Gasteiger charge is -2.10. The predicted molar refractivity (Wildman–Crippen MR) is 96.5 cm³/mol. The maximum absolute atomic E-state index is 12.5. The Morgan fingerprint density at radius 2 is 1.61 bits per heavy atom. The van der Waals surface area contributed by atoms with E-state index >= 15 is 0 Å². The summed E-state index contributed by atoms with van der Waals surface area (Å²) in [5.41, 5.74) is -0.907. The highest BCUT2D eigenvalue weighted by Crippen LogP contribution is 2.29. The molecule has 11 heteroatoms. The number of sulfonamides is 1. The molecular formula is C17H16F3N5O2S. The molecule has 0 spiro atoms. The molecule has 0 saturated carbocycles. The van der Waals surface area contributed by atoms with E-state index in [2.05, 4.69) is 20.2 Å². The minimum atomic E-state index is -4.52. The van der Waals surface area contributed by atoms with Crippen LogP contribution in [0, 0.1) is 0 Å². The first-order valence-electron chi connectivity index (χ1n) is 8.13. The van der Waals surface area contributed by atoms with Crippen LogP contribution in [-0.4, -0.2) is 36.3 Å². The molecule has 0 atom stereocenters.